The van der Waals surface area contributed by atoms with E-state index in [9.17, 15) is 10.1 Å². The topological polar surface area (TPSA) is 55.2 Å². The van der Waals surface area contributed by atoms with Gasteiger partial charge in [0.1, 0.15) is 0 Å². The highest BCUT2D eigenvalue weighted by atomic mass is 79.9. The first kappa shape index (κ1) is 16.1. The van der Waals surface area contributed by atoms with Crippen LogP contribution in [0.15, 0.2) is 24.3 Å². The summed E-state index contributed by atoms with van der Waals surface area (Å²) in [5.74, 6) is 0. The number of hydrogen-bond donors (Lipinski definition) is 1. The molecular formula is C14H21BrN2O2. The highest BCUT2D eigenvalue weighted by Crippen LogP contribution is 2.20. The molecule has 4 nitrogen and oxygen atoms in total. The smallest absolute Gasteiger partial charge is 0.273 e. The number of benzene rings is 1. The number of nitro benzene ring substituents is 1. The van der Waals surface area contributed by atoms with Crippen LogP contribution in [0.4, 0.5) is 5.69 Å². The van der Waals surface area contributed by atoms with Crippen molar-refractivity contribution in [3.8, 4) is 0 Å². The van der Waals surface area contributed by atoms with Crippen LogP contribution in [0.5, 0.6) is 0 Å². The summed E-state index contributed by atoms with van der Waals surface area (Å²) < 4.78 is 0. The summed E-state index contributed by atoms with van der Waals surface area (Å²) in [5.41, 5.74) is 1.00. The first-order valence-corrected chi connectivity index (χ1v) is 6.73. The van der Waals surface area contributed by atoms with Crippen LogP contribution in [-0.4, -0.2) is 11.0 Å². The lowest BCUT2D eigenvalue weighted by Gasteiger charge is -2.16. The van der Waals surface area contributed by atoms with Crippen molar-refractivity contribution in [1.82, 2.24) is 5.32 Å². The van der Waals surface area contributed by atoms with E-state index < -0.39 is 0 Å². The van der Waals surface area contributed by atoms with Crippen LogP contribution in [-0.2, 0) is 6.54 Å². The van der Waals surface area contributed by atoms with Gasteiger partial charge >= 0.3 is 0 Å². The number of para-hydroxylation sites is 1. The molecule has 0 atom stereocenters. The van der Waals surface area contributed by atoms with Gasteiger partial charge in [-0.1, -0.05) is 43.9 Å². The van der Waals surface area contributed by atoms with Gasteiger partial charge in [-0.15, -0.1) is 17.0 Å². The Morgan fingerprint density at radius 2 is 1.79 bits per heavy atom. The van der Waals surface area contributed by atoms with E-state index in [-0.39, 0.29) is 27.6 Å². The predicted molar refractivity (Wildman–Crippen MR) is 81.7 cm³/mol. The van der Waals surface area contributed by atoms with Crippen LogP contribution in [0.2, 0.25) is 0 Å². The number of halogens is 1. The third-order valence-electron chi connectivity index (χ3n) is 3.62. The Balaban J connectivity index is 0.00000180. The predicted octanol–water partition coefficient (Wildman–Crippen LogP) is 3.99. The van der Waals surface area contributed by atoms with E-state index in [0.717, 1.165) is 5.56 Å². The Morgan fingerprint density at radius 3 is 2.42 bits per heavy atom. The lowest BCUT2D eigenvalue weighted by atomic mass is 10.1. The lowest BCUT2D eigenvalue weighted by Crippen LogP contribution is -2.28. The third kappa shape index (κ3) is 4.91. The Bertz CT molecular complexity index is 404. The minimum absolute atomic E-state index is 0. The molecule has 1 fully saturated rings. The van der Waals surface area contributed by atoms with Gasteiger partial charge in [-0.2, -0.15) is 0 Å². The second kappa shape index (κ2) is 8.27. The summed E-state index contributed by atoms with van der Waals surface area (Å²) in [6, 6.07) is 7.50. The van der Waals surface area contributed by atoms with E-state index in [0.29, 0.717) is 12.6 Å². The second-order valence-corrected chi connectivity index (χ2v) is 4.96. The fourth-order valence-electron chi connectivity index (χ4n) is 2.58. The molecule has 2 rings (SSSR count). The van der Waals surface area contributed by atoms with Gasteiger partial charge in [-0.25, -0.2) is 0 Å². The van der Waals surface area contributed by atoms with Crippen molar-refractivity contribution >= 4 is 22.7 Å². The summed E-state index contributed by atoms with van der Waals surface area (Å²) in [6.45, 7) is 0.599. The molecule has 0 saturated heterocycles. The molecule has 0 unspecified atom stereocenters. The van der Waals surface area contributed by atoms with Gasteiger partial charge in [0.25, 0.3) is 5.69 Å². The zero-order chi connectivity index (χ0) is 12.8. The van der Waals surface area contributed by atoms with Crippen molar-refractivity contribution in [3.05, 3.63) is 39.9 Å². The van der Waals surface area contributed by atoms with E-state index in [1.165, 1.54) is 38.5 Å². The SMILES string of the molecule is Br.O=[N+]([O-])c1ccccc1CNC1CCCCCC1. The summed E-state index contributed by atoms with van der Waals surface area (Å²) >= 11 is 0. The van der Waals surface area contributed by atoms with Crippen molar-refractivity contribution in [2.24, 2.45) is 0 Å². The first-order chi connectivity index (χ1) is 8.77. The standard InChI is InChI=1S/C14H20N2O2.BrH/c17-16(18)14-10-6-5-7-12(14)11-15-13-8-3-1-2-4-9-13;/h5-7,10,13,15H,1-4,8-9,11H2;1H. The molecular weight excluding hydrogens is 308 g/mol. The molecule has 1 aromatic carbocycles. The van der Waals surface area contributed by atoms with Crippen LogP contribution >= 0.6 is 17.0 Å². The van der Waals surface area contributed by atoms with Crippen molar-refractivity contribution in [3.63, 3.8) is 0 Å². The summed E-state index contributed by atoms with van der Waals surface area (Å²) in [6.07, 6.45) is 7.58. The van der Waals surface area contributed by atoms with Gasteiger partial charge in [-0.3, -0.25) is 10.1 Å². The van der Waals surface area contributed by atoms with Crippen molar-refractivity contribution < 1.29 is 4.92 Å². The van der Waals surface area contributed by atoms with E-state index in [4.69, 9.17) is 0 Å². The maximum Gasteiger partial charge on any atom is 0.273 e. The van der Waals surface area contributed by atoms with Crippen LogP contribution in [0.25, 0.3) is 0 Å². The molecule has 0 aromatic heterocycles. The van der Waals surface area contributed by atoms with Gasteiger partial charge < -0.3 is 5.32 Å². The van der Waals surface area contributed by atoms with E-state index in [1.54, 1.807) is 12.1 Å². The highest BCUT2D eigenvalue weighted by molar-refractivity contribution is 8.93. The Morgan fingerprint density at radius 1 is 1.16 bits per heavy atom. The van der Waals surface area contributed by atoms with Crippen LogP contribution in [0.3, 0.4) is 0 Å². The molecule has 5 heteroatoms. The molecule has 1 aliphatic carbocycles. The normalized spacial score (nSPS) is 16.4. The molecule has 1 aromatic rings. The number of nitrogens with zero attached hydrogens (tertiary/aromatic N) is 1. The monoisotopic (exact) mass is 328 g/mol. The number of nitrogens with one attached hydrogen (secondary N) is 1. The molecule has 0 bridgehead atoms. The third-order valence-corrected chi connectivity index (χ3v) is 3.62. The summed E-state index contributed by atoms with van der Waals surface area (Å²) in [7, 11) is 0. The molecule has 0 spiro atoms. The second-order valence-electron chi connectivity index (χ2n) is 4.96. The zero-order valence-corrected chi connectivity index (χ0v) is 12.7. The first-order valence-electron chi connectivity index (χ1n) is 6.73. The summed E-state index contributed by atoms with van der Waals surface area (Å²) in [4.78, 5) is 10.6. The largest absolute Gasteiger partial charge is 0.310 e. The zero-order valence-electron chi connectivity index (χ0n) is 11.0. The molecule has 0 aliphatic heterocycles. The van der Waals surface area contributed by atoms with Crippen LogP contribution in [0.1, 0.15) is 44.1 Å². The molecule has 1 N–H and O–H groups in total. The van der Waals surface area contributed by atoms with Crippen molar-refractivity contribution in [2.75, 3.05) is 0 Å². The van der Waals surface area contributed by atoms with Gasteiger partial charge in [0.2, 0.25) is 0 Å². The average Bonchev–Trinajstić information content (AvgIpc) is 2.65. The number of nitro groups is 1. The quantitative estimate of drug-likeness (QED) is 0.516. The Labute approximate surface area is 124 Å². The number of rotatable bonds is 4. The lowest BCUT2D eigenvalue weighted by molar-refractivity contribution is -0.385. The molecule has 106 valence electrons. The fraction of sp³-hybridized carbons (Fsp3) is 0.571. The van der Waals surface area contributed by atoms with Crippen LogP contribution < -0.4 is 5.32 Å². The van der Waals surface area contributed by atoms with Gasteiger partial charge in [0.05, 0.1) is 4.92 Å². The highest BCUT2D eigenvalue weighted by Gasteiger charge is 2.15. The van der Waals surface area contributed by atoms with E-state index >= 15 is 0 Å². The van der Waals surface area contributed by atoms with E-state index in [1.807, 2.05) is 12.1 Å². The van der Waals surface area contributed by atoms with Gasteiger partial charge in [0, 0.05) is 24.2 Å². The Hall–Kier alpha value is -0.940. The molecule has 0 radical (unpaired) electrons. The van der Waals surface area contributed by atoms with Gasteiger partial charge in [0.15, 0.2) is 0 Å². The minimum Gasteiger partial charge on any atom is -0.310 e. The summed E-state index contributed by atoms with van der Waals surface area (Å²) in [5, 5.41) is 14.4. The molecule has 0 heterocycles. The minimum atomic E-state index is -0.301. The van der Waals surface area contributed by atoms with Gasteiger partial charge in [-0.05, 0) is 12.8 Å². The maximum atomic E-state index is 10.9. The number of hydrogen-bond acceptors (Lipinski definition) is 3. The fourth-order valence-corrected chi connectivity index (χ4v) is 2.58. The Kier molecular flexibility index (Phi) is 7.02. The van der Waals surface area contributed by atoms with Crippen molar-refractivity contribution in [1.29, 1.82) is 0 Å². The van der Waals surface area contributed by atoms with E-state index in [2.05, 4.69) is 5.32 Å². The average molecular weight is 329 g/mol. The molecule has 0 amide bonds. The van der Waals surface area contributed by atoms with Crippen molar-refractivity contribution in [2.45, 2.75) is 51.1 Å². The molecule has 1 aliphatic rings. The van der Waals surface area contributed by atoms with Crippen LogP contribution in [0, 0.1) is 10.1 Å². The molecule has 1 saturated carbocycles. The maximum absolute atomic E-state index is 10.9. The molecule has 19 heavy (non-hydrogen) atoms.